The summed E-state index contributed by atoms with van der Waals surface area (Å²) in [6.07, 6.45) is 3.84. The van der Waals surface area contributed by atoms with E-state index in [1.54, 1.807) is 0 Å². The van der Waals surface area contributed by atoms with Crippen LogP contribution >= 0.6 is 5.69 Å². The van der Waals surface area contributed by atoms with Crippen LogP contribution in [0.15, 0.2) is 24.3 Å². The quantitative estimate of drug-likeness (QED) is 0.454. The third-order valence-electron chi connectivity index (χ3n) is 1.77. The summed E-state index contributed by atoms with van der Waals surface area (Å²) < 4.78 is 1.44. The van der Waals surface area contributed by atoms with E-state index in [9.17, 15) is 9.79 Å². The first kappa shape index (κ1) is 16.8. The maximum atomic E-state index is 9.29. The van der Waals surface area contributed by atoms with Crippen LogP contribution in [0.2, 0.25) is 0 Å². The molecular weight excluding hydrogens is 343 g/mol. The zero-order valence-electron chi connectivity index (χ0n) is 8.92. The summed E-state index contributed by atoms with van der Waals surface area (Å²) in [7, 11) is 0. The topological polar surface area (TPSA) is 46.1 Å². The molecule has 0 fully saturated rings. The van der Waals surface area contributed by atoms with E-state index in [0.717, 1.165) is 0 Å². The summed E-state index contributed by atoms with van der Waals surface area (Å²) in [5, 5.41) is 0. The average Bonchev–Trinajstić information content (AvgIpc) is 2.14. The fourth-order valence-corrected chi connectivity index (χ4v) is 1.69. The summed E-state index contributed by atoms with van der Waals surface area (Å²) >= 11 is 9.40. The van der Waals surface area contributed by atoms with Crippen molar-refractivity contribution in [1.82, 2.24) is 0 Å². The van der Waals surface area contributed by atoms with Gasteiger partial charge in [0.05, 0.1) is 0 Å². The van der Waals surface area contributed by atoms with Crippen LogP contribution in [0.4, 0.5) is 0 Å². The Labute approximate surface area is 119 Å². The van der Waals surface area contributed by atoms with Crippen molar-refractivity contribution in [1.29, 1.82) is 0 Å². The maximum Gasteiger partial charge on any atom is -0.160 e. The molecule has 0 amide bonds. The van der Waals surface area contributed by atoms with Gasteiger partial charge < -0.3 is 27.7 Å². The molecule has 0 unspecified atom stereocenters. The second kappa shape index (κ2) is 8.85. The Morgan fingerprint density at radius 1 is 1.38 bits per heavy atom. The van der Waals surface area contributed by atoms with Gasteiger partial charge in [0.15, 0.2) is 0 Å². The van der Waals surface area contributed by atoms with Crippen molar-refractivity contribution < 1.29 is 29.6 Å². The first-order chi connectivity index (χ1) is 7.34. The smallest absolute Gasteiger partial charge is 0.160 e. The zero-order chi connectivity index (χ0) is 12.6. The Bertz CT molecular complexity index is 346. The summed E-state index contributed by atoms with van der Waals surface area (Å²) in [6.45, 7) is 2.24. The van der Waals surface area contributed by atoms with Gasteiger partial charge in [0.2, 0.25) is 0 Å². The standard InChI is InChI=1S/C10H13.Mo.H3O2PS2/c1-2-3-7-10-8-5-4-6-9-10;;1-3(2,4)5/h4-6,8H,2-3,7H2,1H3;;(H3,1,2,4,5)/q;+3;/p-3. The Morgan fingerprint density at radius 2 is 1.88 bits per heavy atom. The van der Waals surface area contributed by atoms with E-state index >= 15 is 0 Å². The van der Waals surface area contributed by atoms with Crippen molar-refractivity contribution in [3.8, 4) is 0 Å². The molecular formula is C10H13MoO2PS2. The van der Waals surface area contributed by atoms with Gasteiger partial charge in [-0.2, -0.15) is 11.8 Å². The molecule has 0 saturated carbocycles. The minimum absolute atomic E-state index is 1.24. The normalized spacial score (nSPS) is 10.4. The van der Waals surface area contributed by atoms with Crippen molar-refractivity contribution in [3.05, 3.63) is 29.8 Å². The fraction of sp³-hybridized carbons (Fsp3) is 0.400. The van der Waals surface area contributed by atoms with Gasteiger partial charge in [-0.25, -0.2) is 0 Å². The minimum Gasteiger partial charge on any atom is -0.850 e. The summed E-state index contributed by atoms with van der Waals surface area (Å²) in [6, 6.07) is 8.65. The van der Waals surface area contributed by atoms with Crippen LogP contribution < -0.4 is 13.7 Å². The molecule has 16 heavy (non-hydrogen) atoms. The Kier molecular flexibility index (Phi) is 9.31. The average molecular weight is 356 g/mol. The SMILES string of the molecule is CCCCc1cccc[c]1[Mo+3].[O-]P([O-])(=S)[S-]. The molecule has 0 aromatic heterocycles. The van der Waals surface area contributed by atoms with Crippen LogP contribution in [0.25, 0.3) is 0 Å². The molecule has 0 atom stereocenters. The first-order valence-electron chi connectivity index (χ1n) is 4.82. The molecule has 0 aliphatic rings. The van der Waals surface area contributed by atoms with Gasteiger partial charge >= 0.3 is 79.8 Å². The summed E-state index contributed by atoms with van der Waals surface area (Å²) in [5.74, 6) is 0. The summed E-state index contributed by atoms with van der Waals surface area (Å²) in [4.78, 5) is 18.6. The second-order valence-corrected chi connectivity index (χ2v) is 8.71. The van der Waals surface area contributed by atoms with Crippen LogP contribution in [-0.2, 0) is 50.3 Å². The number of unbranched alkanes of at least 4 members (excludes halogenated alkanes) is 1. The molecule has 0 aliphatic carbocycles. The molecule has 0 radical (unpaired) electrons. The van der Waals surface area contributed by atoms with E-state index in [1.807, 2.05) is 0 Å². The van der Waals surface area contributed by atoms with E-state index in [-0.39, 0.29) is 0 Å². The van der Waals surface area contributed by atoms with E-state index in [4.69, 9.17) is 0 Å². The van der Waals surface area contributed by atoms with Crippen molar-refractivity contribution in [2.45, 2.75) is 26.2 Å². The van der Waals surface area contributed by atoms with E-state index in [0.29, 0.717) is 0 Å². The van der Waals surface area contributed by atoms with E-state index < -0.39 is 5.69 Å². The molecule has 0 spiro atoms. The van der Waals surface area contributed by atoms with Gasteiger partial charge in [-0.15, -0.1) is 0 Å². The largest absolute Gasteiger partial charge is 0.850 e. The summed E-state index contributed by atoms with van der Waals surface area (Å²) in [5.41, 5.74) is -2.21. The van der Waals surface area contributed by atoms with Crippen LogP contribution in [-0.4, -0.2) is 0 Å². The molecule has 0 bridgehead atoms. The van der Waals surface area contributed by atoms with Gasteiger partial charge in [0.25, 0.3) is 0 Å². The monoisotopic (exact) mass is 358 g/mol. The van der Waals surface area contributed by atoms with Crippen LogP contribution in [0, 0.1) is 0 Å². The number of aryl methyl sites for hydroxylation is 1. The Balaban J connectivity index is 0.000000385. The van der Waals surface area contributed by atoms with E-state index in [1.165, 1.54) is 28.8 Å². The molecule has 0 aliphatic heterocycles. The molecule has 1 aromatic carbocycles. The molecule has 0 N–H and O–H groups in total. The second-order valence-electron chi connectivity index (χ2n) is 3.16. The van der Waals surface area contributed by atoms with Crippen molar-refractivity contribution in [2.75, 3.05) is 0 Å². The zero-order valence-corrected chi connectivity index (χ0v) is 13.5. The number of hydrogen-bond donors (Lipinski definition) is 0. The molecule has 1 aromatic rings. The molecule has 1 rings (SSSR count). The van der Waals surface area contributed by atoms with Gasteiger partial charge in [-0.05, 0) is 0 Å². The van der Waals surface area contributed by atoms with Crippen LogP contribution in [0.3, 0.4) is 0 Å². The molecule has 0 saturated heterocycles. The number of benzene rings is 1. The molecule has 2 nitrogen and oxygen atoms in total. The molecule has 0 heterocycles. The van der Waals surface area contributed by atoms with Crippen molar-refractivity contribution >= 4 is 33.7 Å². The maximum absolute atomic E-state index is 9.29. The fourth-order valence-electron chi connectivity index (χ4n) is 1.08. The van der Waals surface area contributed by atoms with Gasteiger partial charge in [-0.3, -0.25) is 0 Å². The Hall–Kier alpha value is 0.828. The Morgan fingerprint density at radius 3 is 2.31 bits per heavy atom. The third kappa shape index (κ3) is 11.3. The van der Waals surface area contributed by atoms with Crippen molar-refractivity contribution in [2.24, 2.45) is 0 Å². The predicted molar refractivity (Wildman–Crippen MR) is 66.3 cm³/mol. The minimum atomic E-state index is -3.72. The third-order valence-corrected chi connectivity index (χ3v) is 2.75. The van der Waals surface area contributed by atoms with E-state index in [2.05, 4.69) is 75.1 Å². The van der Waals surface area contributed by atoms with Crippen molar-refractivity contribution in [3.63, 3.8) is 0 Å². The number of rotatable bonds is 3. The molecule has 88 valence electrons. The predicted octanol–water partition coefficient (Wildman–Crippen LogP) is 0.680. The van der Waals surface area contributed by atoms with Gasteiger partial charge in [0, 0.05) is 0 Å². The van der Waals surface area contributed by atoms with Gasteiger partial charge in [-0.1, -0.05) is 0 Å². The van der Waals surface area contributed by atoms with Crippen LogP contribution in [0.1, 0.15) is 25.3 Å². The molecule has 6 heteroatoms. The first-order valence-corrected chi connectivity index (χ1v) is 9.48. The van der Waals surface area contributed by atoms with Gasteiger partial charge in [0.1, 0.15) is 0 Å². The number of hydrogen-bond acceptors (Lipinski definition) is 4. The van der Waals surface area contributed by atoms with Crippen LogP contribution in [0.5, 0.6) is 0 Å².